The molecule has 2 aromatic carbocycles. The van der Waals surface area contributed by atoms with E-state index in [9.17, 15) is 4.79 Å². The summed E-state index contributed by atoms with van der Waals surface area (Å²) in [6.45, 7) is 2.33. The van der Waals surface area contributed by atoms with Crippen molar-refractivity contribution in [3.05, 3.63) is 59.7 Å². The fraction of sp³-hybridized carbons (Fsp3) is 0.235. The van der Waals surface area contributed by atoms with Gasteiger partial charge in [0, 0.05) is 5.56 Å². The van der Waals surface area contributed by atoms with Crippen LogP contribution < -0.4 is 9.47 Å². The van der Waals surface area contributed by atoms with Gasteiger partial charge in [-0.2, -0.15) is 0 Å². The smallest absolute Gasteiger partial charge is 0.206 e. The van der Waals surface area contributed by atoms with Crippen LogP contribution in [0.3, 0.4) is 0 Å². The SMILES string of the molecule is CCc1cccc(C(=O)C2COc3ccccc3O2)c1. The largest absolute Gasteiger partial charge is 0.485 e. The molecule has 102 valence electrons. The fourth-order valence-electron chi connectivity index (χ4n) is 2.28. The third-order valence-corrected chi connectivity index (χ3v) is 3.42. The molecule has 0 aliphatic carbocycles. The first kappa shape index (κ1) is 12.7. The Labute approximate surface area is 118 Å². The quantitative estimate of drug-likeness (QED) is 0.801. The van der Waals surface area contributed by atoms with E-state index in [1.165, 1.54) is 0 Å². The third-order valence-electron chi connectivity index (χ3n) is 3.42. The second-order valence-electron chi connectivity index (χ2n) is 4.78. The molecule has 0 aromatic heterocycles. The van der Waals surface area contributed by atoms with Crippen molar-refractivity contribution in [2.24, 2.45) is 0 Å². The van der Waals surface area contributed by atoms with E-state index in [1.54, 1.807) is 0 Å². The van der Waals surface area contributed by atoms with Crippen LogP contribution in [-0.4, -0.2) is 18.5 Å². The van der Waals surface area contributed by atoms with E-state index >= 15 is 0 Å². The van der Waals surface area contributed by atoms with Gasteiger partial charge in [0.05, 0.1) is 0 Å². The van der Waals surface area contributed by atoms with Crippen molar-refractivity contribution < 1.29 is 14.3 Å². The standard InChI is InChI=1S/C17H16O3/c1-2-12-6-5-7-13(10-12)17(18)16-11-19-14-8-3-4-9-15(14)20-16/h3-10,16H,2,11H2,1H3. The minimum Gasteiger partial charge on any atom is -0.485 e. The first-order valence-corrected chi connectivity index (χ1v) is 6.79. The van der Waals surface area contributed by atoms with Crippen LogP contribution in [0, 0.1) is 0 Å². The van der Waals surface area contributed by atoms with Gasteiger partial charge in [-0.3, -0.25) is 4.79 Å². The lowest BCUT2D eigenvalue weighted by Gasteiger charge is -2.25. The molecule has 0 fully saturated rings. The first-order valence-electron chi connectivity index (χ1n) is 6.79. The van der Waals surface area contributed by atoms with Gasteiger partial charge in [0.25, 0.3) is 0 Å². The molecule has 0 saturated carbocycles. The molecular weight excluding hydrogens is 252 g/mol. The number of para-hydroxylation sites is 2. The number of ketones is 1. The predicted octanol–water partition coefficient (Wildman–Crippen LogP) is 3.27. The Balaban J connectivity index is 1.82. The molecule has 0 saturated heterocycles. The van der Waals surface area contributed by atoms with Crippen LogP contribution in [0.15, 0.2) is 48.5 Å². The minimum atomic E-state index is -0.572. The predicted molar refractivity (Wildman–Crippen MR) is 76.5 cm³/mol. The molecule has 1 aliphatic heterocycles. The van der Waals surface area contributed by atoms with Crippen LogP contribution in [0.2, 0.25) is 0 Å². The van der Waals surface area contributed by atoms with Gasteiger partial charge >= 0.3 is 0 Å². The Bertz CT molecular complexity index is 634. The lowest BCUT2D eigenvalue weighted by molar-refractivity contribution is 0.0586. The summed E-state index contributed by atoms with van der Waals surface area (Å²) in [6, 6.07) is 15.1. The first-order chi connectivity index (χ1) is 9.78. The maximum Gasteiger partial charge on any atom is 0.206 e. The lowest BCUT2D eigenvalue weighted by Crippen LogP contribution is -2.36. The number of benzene rings is 2. The van der Waals surface area contributed by atoms with Crippen LogP contribution >= 0.6 is 0 Å². The van der Waals surface area contributed by atoms with Gasteiger partial charge in [-0.25, -0.2) is 0 Å². The number of Topliss-reactive ketones (excluding diaryl/α,β-unsaturated/α-hetero) is 1. The van der Waals surface area contributed by atoms with Crippen LogP contribution in [0.1, 0.15) is 22.8 Å². The number of carbonyl (C=O) groups excluding carboxylic acids is 1. The number of carbonyl (C=O) groups is 1. The number of ether oxygens (including phenoxy) is 2. The Morgan fingerprint density at radius 2 is 1.95 bits per heavy atom. The van der Waals surface area contributed by atoms with Crippen molar-refractivity contribution >= 4 is 5.78 Å². The van der Waals surface area contributed by atoms with E-state index in [4.69, 9.17) is 9.47 Å². The number of rotatable bonds is 3. The zero-order chi connectivity index (χ0) is 13.9. The highest BCUT2D eigenvalue weighted by atomic mass is 16.6. The van der Waals surface area contributed by atoms with Crippen molar-refractivity contribution in [2.45, 2.75) is 19.4 Å². The summed E-state index contributed by atoms with van der Waals surface area (Å²) in [7, 11) is 0. The Kier molecular flexibility index (Phi) is 3.42. The molecule has 0 bridgehead atoms. The summed E-state index contributed by atoms with van der Waals surface area (Å²) in [6.07, 6.45) is 0.336. The average molecular weight is 268 g/mol. The average Bonchev–Trinajstić information content (AvgIpc) is 2.53. The number of aryl methyl sites for hydroxylation is 1. The molecule has 0 amide bonds. The number of fused-ring (bicyclic) bond motifs is 1. The van der Waals surface area contributed by atoms with E-state index in [-0.39, 0.29) is 12.4 Å². The van der Waals surface area contributed by atoms with Crippen LogP contribution in [0.25, 0.3) is 0 Å². The van der Waals surface area contributed by atoms with Crippen molar-refractivity contribution in [1.29, 1.82) is 0 Å². The van der Waals surface area contributed by atoms with E-state index in [1.807, 2.05) is 48.5 Å². The third kappa shape index (κ3) is 2.39. The van der Waals surface area contributed by atoms with Crippen molar-refractivity contribution in [1.82, 2.24) is 0 Å². The summed E-state index contributed by atoms with van der Waals surface area (Å²) in [5, 5.41) is 0. The van der Waals surface area contributed by atoms with Crippen molar-refractivity contribution in [3.8, 4) is 11.5 Å². The Hall–Kier alpha value is -2.29. The molecule has 3 heteroatoms. The highest BCUT2D eigenvalue weighted by molar-refractivity contribution is 6.00. The van der Waals surface area contributed by atoms with Gasteiger partial charge in [0.2, 0.25) is 5.78 Å². The molecule has 1 heterocycles. The molecular formula is C17H16O3. The summed E-state index contributed by atoms with van der Waals surface area (Å²) in [5.74, 6) is 1.29. The molecule has 0 N–H and O–H groups in total. The van der Waals surface area contributed by atoms with Crippen LogP contribution in [-0.2, 0) is 6.42 Å². The minimum absolute atomic E-state index is 0.0326. The van der Waals surface area contributed by atoms with E-state index in [2.05, 4.69) is 6.92 Å². The van der Waals surface area contributed by atoms with Crippen LogP contribution in [0.4, 0.5) is 0 Å². The van der Waals surface area contributed by atoms with Gasteiger partial charge in [-0.05, 0) is 30.2 Å². The monoisotopic (exact) mass is 268 g/mol. The molecule has 20 heavy (non-hydrogen) atoms. The number of hydrogen-bond acceptors (Lipinski definition) is 3. The van der Waals surface area contributed by atoms with E-state index < -0.39 is 6.10 Å². The van der Waals surface area contributed by atoms with Gasteiger partial charge in [-0.1, -0.05) is 37.3 Å². The highest BCUT2D eigenvalue weighted by Crippen LogP contribution is 2.31. The normalized spacial score (nSPS) is 16.8. The van der Waals surface area contributed by atoms with Gasteiger partial charge in [-0.15, -0.1) is 0 Å². The second kappa shape index (κ2) is 5.37. The van der Waals surface area contributed by atoms with E-state index in [0.717, 1.165) is 12.0 Å². The molecule has 1 atom stereocenters. The molecule has 0 radical (unpaired) electrons. The molecule has 3 rings (SSSR count). The van der Waals surface area contributed by atoms with E-state index in [0.29, 0.717) is 17.1 Å². The summed E-state index contributed by atoms with van der Waals surface area (Å²) in [4.78, 5) is 12.5. The van der Waals surface area contributed by atoms with Gasteiger partial charge in [0.15, 0.2) is 17.6 Å². The summed E-state index contributed by atoms with van der Waals surface area (Å²) in [5.41, 5.74) is 1.82. The molecule has 1 unspecified atom stereocenters. The van der Waals surface area contributed by atoms with Crippen molar-refractivity contribution in [3.63, 3.8) is 0 Å². The second-order valence-corrected chi connectivity index (χ2v) is 4.78. The number of hydrogen-bond donors (Lipinski definition) is 0. The molecule has 0 spiro atoms. The Morgan fingerprint density at radius 1 is 1.15 bits per heavy atom. The Morgan fingerprint density at radius 3 is 2.75 bits per heavy atom. The lowest BCUT2D eigenvalue weighted by atomic mass is 10.0. The van der Waals surface area contributed by atoms with Gasteiger partial charge in [0.1, 0.15) is 6.61 Å². The summed E-state index contributed by atoms with van der Waals surface area (Å²) >= 11 is 0. The summed E-state index contributed by atoms with van der Waals surface area (Å²) < 4.78 is 11.3. The fourth-order valence-corrected chi connectivity index (χ4v) is 2.28. The highest BCUT2D eigenvalue weighted by Gasteiger charge is 2.28. The molecule has 2 aromatic rings. The maximum atomic E-state index is 12.5. The van der Waals surface area contributed by atoms with Gasteiger partial charge < -0.3 is 9.47 Å². The molecule has 1 aliphatic rings. The van der Waals surface area contributed by atoms with Crippen molar-refractivity contribution in [2.75, 3.05) is 6.61 Å². The maximum absolute atomic E-state index is 12.5. The topological polar surface area (TPSA) is 35.5 Å². The zero-order valence-electron chi connectivity index (χ0n) is 11.3. The van der Waals surface area contributed by atoms with Crippen LogP contribution in [0.5, 0.6) is 11.5 Å². The zero-order valence-corrected chi connectivity index (χ0v) is 11.3. The molecule has 3 nitrogen and oxygen atoms in total.